The van der Waals surface area contributed by atoms with Crippen molar-refractivity contribution in [1.82, 2.24) is 25.1 Å². The molecule has 1 aliphatic carbocycles. The normalized spacial score (nSPS) is 26.1. The lowest BCUT2D eigenvalue weighted by molar-refractivity contribution is -0.144. The third-order valence-corrected chi connectivity index (χ3v) is 4.48. The Bertz CT molecular complexity index is 507. The molecule has 1 saturated carbocycles. The van der Waals surface area contributed by atoms with Gasteiger partial charge in [-0.3, -0.25) is 4.79 Å². The van der Waals surface area contributed by atoms with Crippen molar-refractivity contribution in [3.63, 3.8) is 0 Å². The number of hydrogen-bond acceptors (Lipinski definition) is 7. The highest BCUT2D eigenvalue weighted by Crippen LogP contribution is 2.36. The molecule has 1 saturated heterocycles. The Balaban J connectivity index is 1.54. The van der Waals surface area contributed by atoms with Crippen molar-refractivity contribution in [2.75, 3.05) is 25.4 Å². The molecular formula is C12H19N5O3S. The monoisotopic (exact) mass is 313 g/mol. The van der Waals surface area contributed by atoms with E-state index in [1.165, 1.54) is 11.8 Å². The predicted octanol–water partition coefficient (Wildman–Crippen LogP) is -0.292. The van der Waals surface area contributed by atoms with Crippen LogP contribution in [0.4, 0.5) is 0 Å². The Morgan fingerprint density at radius 3 is 3.00 bits per heavy atom. The maximum atomic E-state index is 12.3. The van der Waals surface area contributed by atoms with Gasteiger partial charge < -0.3 is 14.7 Å². The zero-order valence-electron chi connectivity index (χ0n) is 11.9. The number of aliphatic hydroxyl groups excluding tert-OH is 1. The van der Waals surface area contributed by atoms with Gasteiger partial charge in [0.15, 0.2) is 0 Å². The number of hydrogen-bond donors (Lipinski definition) is 1. The van der Waals surface area contributed by atoms with Gasteiger partial charge in [0.25, 0.3) is 0 Å². The highest BCUT2D eigenvalue weighted by atomic mass is 32.2. The van der Waals surface area contributed by atoms with E-state index >= 15 is 0 Å². The fourth-order valence-corrected chi connectivity index (χ4v) is 3.24. The van der Waals surface area contributed by atoms with Crippen molar-refractivity contribution in [1.29, 1.82) is 0 Å². The average molecular weight is 313 g/mol. The molecule has 2 fully saturated rings. The van der Waals surface area contributed by atoms with Crippen molar-refractivity contribution in [3.05, 3.63) is 0 Å². The van der Waals surface area contributed by atoms with Gasteiger partial charge >= 0.3 is 0 Å². The summed E-state index contributed by atoms with van der Waals surface area (Å²) in [6.07, 6.45) is 1.86. The quantitative estimate of drug-likeness (QED) is 0.746. The van der Waals surface area contributed by atoms with Crippen LogP contribution >= 0.6 is 11.8 Å². The van der Waals surface area contributed by atoms with E-state index in [0.29, 0.717) is 30.0 Å². The molecule has 2 unspecified atom stereocenters. The maximum absolute atomic E-state index is 12.3. The van der Waals surface area contributed by atoms with Crippen LogP contribution in [0.1, 0.15) is 25.8 Å². The lowest BCUT2D eigenvalue weighted by Crippen LogP contribution is -2.50. The number of nitrogens with zero attached hydrogens (tertiary/aromatic N) is 5. The molecule has 8 nitrogen and oxygen atoms in total. The van der Waals surface area contributed by atoms with Crippen molar-refractivity contribution in [3.8, 4) is 0 Å². The molecule has 2 atom stereocenters. The molecule has 1 N–H and O–H groups in total. The number of morpholine rings is 1. The molecule has 1 aliphatic heterocycles. The fraction of sp³-hybridized carbons (Fsp3) is 0.833. The van der Waals surface area contributed by atoms with Gasteiger partial charge in [0.1, 0.15) is 0 Å². The number of carbonyl (C=O) groups is 1. The van der Waals surface area contributed by atoms with Crippen molar-refractivity contribution in [2.45, 2.75) is 43.2 Å². The minimum atomic E-state index is -0.292. The molecular weight excluding hydrogens is 294 g/mol. The first-order chi connectivity index (χ1) is 10.2. The van der Waals surface area contributed by atoms with Crippen molar-refractivity contribution < 1.29 is 14.6 Å². The molecule has 21 heavy (non-hydrogen) atoms. The van der Waals surface area contributed by atoms with Gasteiger partial charge in [-0.2, -0.15) is 0 Å². The van der Waals surface area contributed by atoms with Crippen LogP contribution in [-0.4, -0.2) is 73.8 Å². The van der Waals surface area contributed by atoms with E-state index < -0.39 is 0 Å². The molecule has 0 bridgehead atoms. The average Bonchev–Trinajstić information content (AvgIpc) is 3.22. The molecule has 1 amide bonds. The van der Waals surface area contributed by atoms with Gasteiger partial charge in [-0.1, -0.05) is 11.8 Å². The Morgan fingerprint density at radius 2 is 2.29 bits per heavy atom. The van der Waals surface area contributed by atoms with E-state index in [4.69, 9.17) is 4.74 Å². The van der Waals surface area contributed by atoms with E-state index in [-0.39, 0.29) is 24.7 Å². The molecule has 0 aromatic carbocycles. The van der Waals surface area contributed by atoms with Crippen LogP contribution in [0, 0.1) is 0 Å². The van der Waals surface area contributed by atoms with E-state index in [0.717, 1.165) is 12.8 Å². The van der Waals surface area contributed by atoms with E-state index in [9.17, 15) is 9.90 Å². The second-order valence-corrected chi connectivity index (χ2v) is 6.42. The van der Waals surface area contributed by atoms with Crippen molar-refractivity contribution in [2.24, 2.45) is 0 Å². The number of aromatic nitrogens is 4. The highest BCUT2D eigenvalue weighted by molar-refractivity contribution is 7.99. The summed E-state index contributed by atoms with van der Waals surface area (Å²) in [6, 6.07) is 0.403. The predicted molar refractivity (Wildman–Crippen MR) is 74.8 cm³/mol. The maximum Gasteiger partial charge on any atom is 0.233 e. The first-order valence-electron chi connectivity index (χ1n) is 7.12. The van der Waals surface area contributed by atoms with Crippen LogP contribution in [0.3, 0.4) is 0 Å². The molecule has 0 radical (unpaired) electrons. The summed E-state index contributed by atoms with van der Waals surface area (Å²) < 4.78 is 7.34. The topological polar surface area (TPSA) is 93.4 Å². The number of rotatable bonds is 5. The lowest BCUT2D eigenvalue weighted by atomic mass is 10.2. The van der Waals surface area contributed by atoms with Crippen LogP contribution in [-0.2, 0) is 9.53 Å². The molecule has 2 heterocycles. The zero-order chi connectivity index (χ0) is 14.8. The molecule has 3 rings (SSSR count). The lowest BCUT2D eigenvalue weighted by Gasteiger charge is -2.36. The summed E-state index contributed by atoms with van der Waals surface area (Å²) >= 11 is 1.37. The van der Waals surface area contributed by atoms with Gasteiger partial charge in [-0.15, -0.1) is 5.10 Å². The van der Waals surface area contributed by atoms with Gasteiger partial charge in [0.2, 0.25) is 11.1 Å². The summed E-state index contributed by atoms with van der Waals surface area (Å²) in [4.78, 5) is 14.0. The summed E-state index contributed by atoms with van der Waals surface area (Å²) in [7, 11) is 0. The molecule has 9 heteroatoms. The minimum Gasteiger partial charge on any atom is -0.394 e. The number of thioether (sulfide) groups is 1. The summed E-state index contributed by atoms with van der Waals surface area (Å²) in [5.74, 6) is 0.330. The highest BCUT2D eigenvalue weighted by Gasteiger charge is 2.30. The largest absolute Gasteiger partial charge is 0.394 e. The van der Waals surface area contributed by atoms with Crippen molar-refractivity contribution >= 4 is 17.7 Å². The number of tetrazole rings is 1. The Hall–Kier alpha value is -1.19. The Labute approximate surface area is 126 Å². The van der Waals surface area contributed by atoms with Crippen LogP contribution in [0.2, 0.25) is 0 Å². The van der Waals surface area contributed by atoms with Crippen LogP contribution in [0.15, 0.2) is 5.16 Å². The zero-order valence-corrected chi connectivity index (χ0v) is 12.7. The third-order valence-electron chi connectivity index (χ3n) is 3.56. The second-order valence-electron chi connectivity index (χ2n) is 5.48. The minimum absolute atomic E-state index is 0.0268. The van der Waals surface area contributed by atoms with Gasteiger partial charge in [0.05, 0.1) is 30.6 Å². The Kier molecular flexibility index (Phi) is 4.41. The number of ether oxygens (including phenoxy) is 1. The Morgan fingerprint density at radius 1 is 1.48 bits per heavy atom. The van der Waals surface area contributed by atoms with Gasteiger partial charge in [0, 0.05) is 13.1 Å². The summed E-state index contributed by atoms with van der Waals surface area (Å²) in [6.45, 7) is 2.83. The molecule has 1 aromatic rings. The van der Waals surface area contributed by atoms with Gasteiger partial charge in [-0.25, -0.2) is 4.68 Å². The van der Waals surface area contributed by atoms with E-state index in [1.54, 1.807) is 9.58 Å². The molecule has 1 aromatic heterocycles. The molecule has 2 aliphatic rings. The first-order valence-corrected chi connectivity index (χ1v) is 8.10. The smallest absolute Gasteiger partial charge is 0.233 e. The van der Waals surface area contributed by atoms with E-state index in [1.807, 2.05) is 6.92 Å². The SMILES string of the molecule is CC1CN(C(=O)CSc2nnnn2C2CC2)CC(CO)O1. The first kappa shape index (κ1) is 14.7. The summed E-state index contributed by atoms with van der Waals surface area (Å²) in [5, 5.41) is 21.5. The number of amides is 1. The van der Waals surface area contributed by atoms with Crippen LogP contribution < -0.4 is 0 Å². The summed E-state index contributed by atoms with van der Waals surface area (Å²) in [5.41, 5.74) is 0. The number of carbonyl (C=O) groups excluding carboxylic acids is 1. The standard InChI is InChI=1S/C12H19N5O3S/c1-8-4-16(5-10(6-18)20-8)11(19)7-21-12-13-14-15-17(12)9-2-3-9/h8-10,18H,2-7H2,1H3. The van der Waals surface area contributed by atoms with Crippen LogP contribution in [0.5, 0.6) is 0 Å². The third kappa shape index (κ3) is 3.53. The fourth-order valence-electron chi connectivity index (χ4n) is 2.40. The molecule has 116 valence electrons. The van der Waals surface area contributed by atoms with Crippen LogP contribution in [0.25, 0.3) is 0 Å². The second kappa shape index (κ2) is 6.29. The van der Waals surface area contributed by atoms with E-state index in [2.05, 4.69) is 15.5 Å². The molecule has 0 spiro atoms. The number of aliphatic hydroxyl groups is 1. The van der Waals surface area contributed by atoms with Gasteiger partial charge in [-0.05, 0) is 30.2 Å².